The molecule has 1 aliphatic rings. The van der Waals surface area contributed by atoms with Gasteiger partial charge in [-0.3, -0.25) is 14.5 Å². The second-order valence-corrected chi connectivity index (χ2v) is 7.92. The number of benzene rings is 1. The number of rotatable bonds is 5. The van der Waals surface area contributed by atoms with Crippen molar-refractivity contribution >= 4 is 39.8 Å². The van der Waals surface area contributed by atoms with E-state index in [2.05, 4.69) is 16.3 Å². The van der Waals surface area contributed by atoms with Crippen LogP contribution < -0.4 is 10.7 Å². The molecule has 28 heavy (non-hydrogen) atoms. The maximum Gasteiger partial charge on any atom is 0.287 e. The summed E-state index contributed by atoms with van der Waals surface area (Å²) in [7, 11) is 0. The van der Waals surface area contributed by atoms with Crippen LogP contribution in [0.25, 0.3) is 11.0 Å². The van der Waals surface area contributed by atoms with Crippen LogP contribution in [0.4, 0.5) is 0 Å². The zero-order chi connectivity index (χ0) is 19.5. The van der Waals surface area contributed by atoms with Crippen LogP contribution in [-0.4, -0.2) is 43.7 Å². The normalized spacial score (nSPS) is 16.2. The lowest BCUT2D eigenvalue weighted by Crippen LogP contribution is -2.43. The van der Waals surface area contributed by atoms with E-state index in [-0.39, 0.29) is 17.2 Å². The first-order valence-corrected chi connectivity index (χ1v) is 10.2. The zero-order valence-corrected chi connectivity index (χ0v) is 16.6. The lowest BCUT2D eigenvalue weighted by molar-refractivity contribution is 0.0168. The summed E-state index contributed by atoms with van der Waals surface area (Å²) in [5.41, 5.74) is 0.0434. The highest BCUT2D eigenvalue weighted by Crippen LogP contribution is 2.25. The predicted molar refractivity (Wildman–Crippen MR) is 109 cm³/mol. The predicted octanol–water partition coefficient (Wildman–Crippen LogP) is 3.31. The van der Waals surface area contributed by atoms with Gasteiger partial charge in [0.25, 0.3) is 5.91 Å². The van der Waals surface area contributed by atoms with Gasteiger partial charge >= 0.3 is 0 Å². The highest BCUT2D eigenvalue weighted by molar-refractivity contribution is 7.10. The third kappa shape index (κ3) is 4.12. The van der Waals surface area contributed by atoms with Gasteiger partial charge in [-0.2, -0.15) is 0 Å². The molecule has 0 bridgehead atoms. The summed E-state index contributed by atoms with van der Waals surface area (Å²) in [4.78, 5) is 28.4. The number of carbonyl (C=O) groups is 1. The first-order valence-electron chi connectivity index (χ1n) is 8.98. The van der Waals surface area contributed by atoms with E-state index in [9.17, 15) is 9.59 Å². The van der Waals surface area contributed by atoms with Crippen LogP contribution in [0.5, 0.6) is 0 Å². The molecular weight excluding hydrogens is 400 g/mol. The van der Waals surface area contributed by atoms with Crippen molar-refractivity contribution in [2.75, 3.05) is 32.8 Å². The molecule has 1 saturated heterocycles. The summed E-state index contributed by atoms with van der Waals surface area (Å²) in [6, 6.07) is 10.1. The van der Waals surface area contributed by atoms with Crippen LogP contribution in [0.2, 0.25) is 5.02 Å². The van der Waals surface area contributed by atoms with Gasteiger partial charge in [-0.05, 0) is 29.6 Å². The number of hydrogen-bond acceptors (Lipinski definition) is 6. The number of fused-ring (bicyclic) bond motifs is 1. The molecule has 0 saturated carbocycles. The monoisotopic (exact) mass is 418 g/mol. The van der Waals surface area contributed by atoms with Gasteiger partial charge < -0.3 is 14.5 Å². The molecular formula is C20H19ClN2O4S. The van der Waals surface area contributed by atoms with E-state index in [0.717, 1.165) is 13.1 Å². The van der Waals surface area contributed by atoms with Crippen molar-refractivity contribution in [3.05, 3.63) is 67.7 Å². The molecule has 0 aliphatic carbocycles. The number of ether oxygens (including phenoxy) is 1. The molecule has 1 N–H and O–H groups in total. The number of thiophene rings is 1. The average molecular weight is 419 g/mol. The molecule has 0 spiro atoms. The van der Waals surface area contributed by atoms with Crippen molar-refractivity contribution < 1.29 is 13.9 Å². The third-order valence-corrected chi connectivity index (χ3v) is 5.94. The second-order valence-electron chi connectivity index (χ2n) is 6.50. The van der Waals surface area contributed by atoms with Crippen LogP contribution in [0, 0.1) is 0 Å². The SMILES string of the molecule is O=C(NC[C@@H](c1cccs1)N1CCOCC1)c1cc(=O)c2cc(Cl)ccc2o1. The Balaban J connectivity index is 1.53. The molecule has 4 rings (SSSR count). The average Bonchev–Trinajstić information content (AvgIpc) is 3.24. The van der Waals surface area contributed by atoms with E-state index < -0.39 is 5.91 Å². The van der Waals surface area contributed by atoms with E-state index in [0.29, 0.717) is 35.8 Å². The number of carbonyl (C=O) groups excluding carboxylic acids is 1. The first kappa shape index (κ1) is 19.1. The van der Waals surface area contributed by atoms with Crippen molar-refractivity contribution in [2.45, 2.75) is 6.04 Å². The highest BCUT2D eigenvalue weighted by Gasteiger charge is 2.24. The lowest BCUT2D eigenvalue weighted by Gasteiger charge is -2.34. The Morgan fingerprint density at radius 3 is 2.82 bits per heavy atom. The van der Waals surface area contributed by atoms with E-state index in [1.165, 1.54) is 17.0 Å². The van der Waals surface area contributed by atoms with Gasteiger partial charge in [-0.15, -0.1) is 11.3 Å². The van der Waals surface area contributed by atoms with Gasteiger partial charge in [-0.1, -0.05) is 17.7 Å². The van der Waals surface area contributed by atoms with Crippen LogP contribution >= 0.6 is 22.9 Å². The minimum absolute atomic E-state index is 0.00766. The van der Waals surface area contributed by atoms with Gasteiger partial charge in [0.05, 0.1) is 24.6 Å². The topological polar surface area (TPSA) is 71.8 Å². The maximum absolute atomic E-state index is 12.7. The minimum atomic E-state index is -0.413. The van der Waals surface area contributed by atoms with E-state index in [1.54, 1.807) is 23.5 Å². The van der Waals surface area contributed by atoms with Crippen LogP contribution in [0.3, 0.4) is 0 Å². The molecule has 6 nitrogen and oxygen atoms in total. The van der Waals surface area contributed by atoms with Crippen molar-refractivity contribution in [3.63, 3.8) is 0 Å². The van der Waals surface area contributed by atoms with E-state index >= 15 is 0 Å². The van der Waals surface area contributed by atoms with Gasteiger partial charge in [0.1, 0.15) is 5.58 Å². The molecule has 1 amide bonds. The Bertz CT molecular complexity index is 1030. The summed E-state index contributed by atoms with van der Waals surface area (Å²) in [5, 5.41) is 5.74. The highest BCUT2D eigenvalue weighted by atomic mass is 35.5. The molecule has 146 valence electrons. The molecule has 8 heteroatoms. The van der Waals surface area contributed by atoms with Crippen LogP contribution in [0.15, 0.2) is 51.0 Å². The summed E-state index contributed by atoms with van der Waals surface area (Å²) in [6.07, 6.45) is 0. The fraction of sp³-hybridized carbons (Fsp3) is 0.300. The molecule has 0 unspecified atom stereocenters. The molecule has 3 aromatic rings. The molecule has 2 aromatic heterocycles. The molecule has 3 heterocycles. The summed E-state index contributed by atoms with van der Waals surface area (Å²) in [6.45, 7) is 3.39. The number of hydrogen-bond donors (Lipinski definition) is 1. The number of morpholine rings is 1. The fourth-order valence-corrected chi connectivity index (χ4v) is 4.33. The van der Waals surface area contributed by atoms with E-state index in [4.69, 9.17) is 20.8 Å². The van der Waals surface area contributed by atoms with Crippen molar-refractivity contribution in [2.24, 2.45) is 0 Å². The fourth-order valence-electron chi connectivity index (χ4n) is 3.30. The van der Waals surface area contributed by atoms with Gasteiger partial charge in [0.15, 0.2) is 11.2 Å². The van der Waals surface area contributed by atoms with Crippen LogP contribution in [-0.2, 0) is 4.74 Å². The number of halogens is 1. The standard InChI is InChI=1S/C20H19ClN2O4S/c21-13-3-4-17-14(10-13)16(24)11-18(27-17)20(25)22-12-15(19-2-1-9-28-19)23-5-7-26-8-6-23/h1-4,9-11,15H,5-8,12H2,(H,22,25)/t15-/m0/s1. The van der Waals surface area contributed by atoms with Crippen molar-refractivity contribution in [1.29, 1.82) is 0 Å². The zero-order valence-electron chi connectivity index (χ0n) is 15.0. The smallest absolute Gasteiger partial charge is 0.287 e. The Kier molecular flexibility index (Phi) is 5.77. The maximum atomic E-state index is 12.7. The second kappa shape index (κ2) is 8.45. The molecule has 1 aromatic carbocycles. The lowest BCUT2D eigenvalue weighted by atomic mass is 10.1. The van der Waals surface area contributed by atoms with Gasteiger partial charge in [0.2, 0.25) is 0 Å². The third-order valence-electron chi connectivity index (χ3n) is 4.73. The molecule has 0 radical (unpaired) electrons. The van der Waals surface area contributed by atoms with Crippen LogP contribution in [0.1, 0.15) is 21.5 Å². The Morgan fingerprint density at radius 1 is 1.25 bits per heavy atom. The van der Waals surface area contributed by atoms with E-state index in [1.807, 2.05) is 11.4 Å². The number of nitrogens with one attached hydrogen (secondary N) is 1. The Hall–Kier alpha value is -2.19. The molecule has 1 fully saturated rings. The Morgan fingerprint density at radius 2 is 2.07 bits per heavy atom. The van der Waals surface area contributed by atoms with Gasteiger partial charge in [-0.25, -0.2) is 0 Å². The summed E-state index contributed by atoms with van der Waals surface area (Å²) in [5.74, 6) is -0.421. The van der Waals surface area contributed by atoms with Crippen molar-refractivity contribution in [3.8, 4) is 0 Å². The first-order chi connectivity index (χ1) is 13.6. The largest absolute Gasteiger partial charge is 0.451 e. The molecule has 1 atom stereocenters. The summed E-state index contributed by atoms with van der Waals surface area (Å²) >= 11 is 7.59. The molecule has 1 aliphatic heterocycles. The van der Waals surface area contributed by atoms with Gasteiger partial charge in [0, 0.05) is 35.6 Å². The number of amides is 1. The Labute approximate surface area is 170 Å². The minimum Gasteiger partial charge on any atom is -0.451 e. The quantitative estimate of drug-likeness (QED) is 0.688. The number of nitrogens with zero attached hydrogens (tertiary/aromatic N) is 1. The summed E-state index contributed by atoms with van der Waals surface area (Å²) < 4.78 is 11.1. The van der Waals surface area contributed by atoms with Crippen molar-refractivity contribution in [1.82, 2.24) is 10.2 Å².